The van der Waals surface area contributed by atoms with E-state index in [1.54, 1.807) is 31.2 Å². The zero-order chi connectivity index (χ0) is 20.9. The molecule has 7 nitrogen and oxygen atoms in total. The summed E-state index contributed by atoms with van der Waals surface area (Å²) in [5, 5.41) is 0. The van der Waals surface area contributed by atoms with E-state index in [1.165, 1.54) is 10.4 Å². The average molecular weight is 484 g/mol. The molecule has 1 saturated heterocycles. The molecule has 0 atom stereocenters. The summed E-state index contributed by atoms with van der Waals surface area (Å²) < 4.78 is 44.1. The molecule has 1 aliphatic rings. The van der Waals surface area contributed by atoms with Gasteiger partial charge in [-0.25, -0.2) is 13.2 Å². The molecule has 0 aliphatic carbocycles. The van der Waals surface area contributed by atoms with Gasteiger partial charge < -0.3 is 14.2 Å². The molecular formula is C20H22BrNO6S. The van der Waals surface area contributed by atoms with E-state index in [1.807, 2.05) is 12.1 Å². The maximum Gasteiger partial charge on any atom is 0.338 e. The number of ether oxygens (including phenoxy) is 3. The second-order valence-electron chi connectivity index (χ2n) is 6.44. The van der Waals surface area contributed by atoms with E-state index < -0.39 is 16.0 Å². The molecule has 2 aromatic carbocycles. The Balaban J connectivity index is 1.62. The lowest BCUT2D eigenvalue weighted by Crippen LogP contribution is -2.40. The van der Waals surface area contributed by atoms with Crippen LogP contribution in [0.4, 0.5) is 0 Å². The predicted octanol–water partition coefficient (Wildman–Crippen LogP) is 3.01. The topological polar surface area (TPSA) is 82.1 Å². The molecule has 9 heteroatoms. The Labute approximate surface area is 178 Å². The maximum absolute atomic E-state index is 12.9. The standard InChI is InChI=1S/C20H22BrNO6S/c1-15-2-3-16(14-19(15)29(24,25)22-8-10-26-11-9-22)20(23)28-13-12-27-18-6-4-17(21)5-7-18/h2-7,14H,8-13H2,1H3. The fourth-order valence-corrected chi connectivity index (χ4v) is 4.76. The lowest BCUT2D eigenvalue weighted by atomic mass is 10.1. The number of hydrogen-bond acceptors (Lipinski definition) is 6. The Morgan fingerprint density at radius 2 is 1.79 bits per heavy atom. The van der Waals surface area contributed by atoms with Gasteiger partial charge in [-0.1, -0.05) is 22.0 Å². The van der Waals surface area contributed by atoms with Crippen LogP contribution in [0.15, 0.2) is 51.8 Å². The molecular weight excluding hydrogens is 462 g/mol. The van der Waals surface area contributed by atoms with Crippen molar-refractivity contribution in [3.63, 3.8) is 0 Å². The van der Waals surface area contributed by atoms with E-state index in [2.05, 4.69) is 15.9 Å². The molecule has 1 fully saturated rings. The molecule has 3 rings (SSSR count). The molecule has 0 aromatic heterocycles. The lowest BCUT2D eigenvalue weighted by Gasteiger charge is -2.26. The minimum Gasteiger partial charge on any atom is -0.490 e. The number of carbonyl (C=O) groups excluding carboxylic acids is 1. The van der Waals surface area contributed by atoms with E-state index in [4.69, 9.17) is 14.2 Å². The van der Waals surface area contributed by atoms with Crippen LogP contribution >= 0.6 is 15.9 Å². The second kappa shape index (κ2) is 9.71. The monoisotopic (exact) mass is 483 g/mol. The van der Waals surface area contributed by atoms with Crippen LogP contribution in [0.25, 0.3) is 0 Å². The van der Waals surface area contributed by atoms with Crippen LogP contribution in [-0.2, 0) is 19.5 Å². The molecule has 0 saturated carbocycles. The molecule has 0 spiro atoms. The van der Waals surface area contributed by atoms with Gasteiger partial charge >= 0.3 is 5.97 Å². The van der Waals surface area contributed by atoms with Crippen LogP contribution in [0.1, 0.15) is 15.9 Å². The number of sulfonamides is 1. The number of halogens is 1. The number of benzene rings is 2. The Bertz CT molecular complexity index is 955. The molecule has 0 unspecified atom stereocenters. The van der Waals surface area contributed by atoms with Gasteiger partial charge in [0.25, 0.3) is 0 Å². The average Bonchev–Trinajstić information content (AvgIpc) is 2.73. The summed E-state index contributed by atoms with van der Waals surface area (Å²) in [6.45, 7) is 3.26. The first-order valence-corrected chi connectivity index (χ1v) is 11.4. The van der Waals surface area contributed by atoms with Crippen molar-refractivity contribution >= 4 is 31.9 Å². The van der Waals surface area contributed by atoms with Crippen molar-refractivity contribution < 1.29 is 27.4 Å². The van der Waals surface area contributed by atoms with Gasteiger partial charge in [0.1, 0.15) is 19.0 Å². The van der Waals surface area contributed by atoms with E-state index >= 15 is 0 Å². The van der Waals surface area contributed by atoms with Gasteiger partial charge in [-0.05, 0) is 48.9 Å². The van der Waals surface area contributed by atoms with Gasteiger partial charge in [0.05, 0.1) is 23.7 Å². The normalized spacial score (nSPS) is 15.1. The van der Waals surface area contributed by atoms with Crippen LogP contribution in [0.2, 0.25) is 0 Å². The summed E-state index contributed by atoms with van der Waals surface area (Å²) in [5.41, 5.74) is 0.762. The van der Waals surface area contributed by atoms with Gasteiger partial charge in [-0.15, -0.1) is 0 Å². The van der Waals surface area contributed by atoms with Crippen molar-refractivity contribution in [3.05, 3.63) is 58.1 Å². The molecule has 1 heterocycles. The first kappa shape index (κ1) is 21.8. The fourth-order valence-electron chi connectivity index (χ4n) is 2.84. The van der Waals surface area contributed by atoms with Crippen LogP contribution in [-0.4, -0.2) is 58.2 Å². The Kier molecular flexibility index (Phi) is 7.28. The van der Waals surface area contributed by atoms with E-state index in [9.17, 15) is 13.2 Å². The van der Waals surface area contributed by atoms with Gasteiger partial charge in [0.2, 0.25) is 10.0 Å². The Hall–Kier alpha value is -1.94. The summed E-state index contributed by atoms with van der Waals surface area (Å²) in [4.78, 5) is 12.5. The van der Waals surface area contributed by atoms with Crippen LogP contribution < -0.4 is 4.74 Å². The molecule has 1 aliphatic heterocycles. The van der Waals surface area contributed by atoms with Crippen LogP contribution in [0, 0.1) is 6.92 Å². The quantitative estimate of drug-likeness (QED) is 0.444. The van der Waals surface area contributed by atoms with E-state index in [-0.39, 0.29) is 23.7 Å². The van der Waals surface area contributed by atoms with Crippen molar-refractivity contribution in [2.45, 2.75) is 11.8 Å². The number of esters is 1. The summed E-state index contributed by atoms with van der Waals surface area (Å²) in [7, 11) is -3.70. The molecule has 29 heavy (non-hydrogen) atoms. The molecule has 0 N–H and O–H groups in total. The molecule has 2 aromatic rings. The maximum atomic E-state index is 12.9. The predicted molar refractivity (Wildman–Crippen MR) is 111 cm³/mol. The highest BCUT2D eigenvalue weighted by molar-refractivity contribution is 9.10. The minimum atomic E-state index is -3.70. The molecule has 0 radical (unpaired) electrons. The van der Waals surface area contributed by atoms with Crippen molar-refractivity contribution in [2.75, 3.05) is 39.5 Å². The highest BCUT2D eigenvalue weighted by Gasteiger charge is 2.28. The number of aryl methyl sites for hydroxylation is 1. The number of morpholine rings is 1. The zero-order valence-electron chi connectivity index (χ0n) is 16.0. The smallest absolute Gasteiger partial charge is 0.338 e. The first-order valence-electron chi connectivity index (χ1n) is 9.12. The highest BCUT2D eigenvalue weighted by Crippen LogP contribution is 2.23. The van der Waals surface area contributed by atoms with E-state index in [0.29, 0.717) is 37.6 Å². The third-order valence-electron chi connectivity index (χ3n) is 4.41. The van der Waals surface area contributed by atoms with Crippen molar-refractivity contribution in [1.29, 1.82) is 0 Å². The minimum absolute atomic E-state index is 0.0499. The van der Waals surface area contributed by atoms with E-state index in [0.717, 1.165) is 4.47 Å². The van der Waals surface area contributed by atoms with Crippen molar-refractivity contribution in [3.8, 4) is 5.75 Å². The first-order chi connectivity index (χ1) is 13.9. The lowest BCUT2D eigenvalue weighted by molar-refractivity contribution is 0.0450. The SMILES string of the molecule is Cc1ccc(C(=O)OCCOc2ccc(Br)cc2)cc1S(=O)(=O)N1CCOCC1. The second-order valence-corrected chi connectivity index (χ2v) is 9.26. The fraction of sp³-hybridized carbons (Fsp3) is 0.350. The van der Waals surface area contributed by atoms with Crippen LogP contribution in [0.5, 0.6) is 5.75 Å². The third kappa shape index (κ3) is 5.57. The number of nitrogens with zero attached hydrogens (tertiary/aromatic N) is 1. The van der Waals surface area contributed by atoms with Crippen molar-refractivity contribution in [1.82, 2.24) is 4.31 Å². The molecule has 156 valence electrons. The Morgan fingerprint density at radius 3 is 2.48 bits per heavy atom. The summed E-state index contributed by atoms with van der Waals surface area (Å²) in [5.74, 6) is 0.0707. The summed E-state index contributed by atoms with van der Waals surface area (Å²) in [6.07, 6.45) is 0. The van der Waals surface area contributed by atoms with Gasteiger partial charge in [-0.2, -0.15) is 4.31 Å². The highest BCUT2D eigenvalue weighted by atomic mass is 79.9. The van der Waals surface area contributed by atoms with Gasteiger partial charge in [-0.3, -0.25) is 0 Å². The number of hydrogen-bond donors (Lipinski definition) is 0. The third-order valence-corrected chi connectivity index (χ3v) is 6.98. The summed E-state index contributed by atoms with van der Waals surface area (Å²) in [6, 6.07) is 11.9. The van der Waals surface area contributed by atoms with Gasteiger partial charge in [0, 0.05) is 17.6 Å². The molecule has 0 amide bonds. The number of carbonyl (C=O) groups is 1. The Morgan fingerprint density at radius 1 is 1.10 bits per heavy atom. The van der Waals surface area contributed by atoms with Gasteiger partial charge in [0.15, 0.2) is 0 Å². The molecule has 0 bridgehead atoms. The van der Waals surface area contributed by atoms with Crippen LogP contribution in [0.3, 0.4) is 0 Å². The largest absolute Gasteiger partial charge is 0.490 e. The zero-order valence-corrected chi connectivity index (χ0v) is 18.4. The van der Waals surface area contributed by atoms with Crippen molar-refractivity contribution in [2.24, 2.45) is 0 Å². The number of rotatable bonds is 7. The summed E-state index contributed by atoms with van der Waals surface area (Å²) >= 11 is 3.35.